The number of nitrogens with zero attached hydrogens (tertiary/aromatic N) is 2. The molecule has 1 saturated heterocycles. The molecule has 2 amide bonds. The van der Waals surface area contributed by atoms with Gasteiger partial charge < -0.3 is 19.1 Å². The number of piperidine rings is 1. The van der Waals surface area contributed by atoms with Crippen molar-refractivity contribution in [1.29, 1.82) is 0 Å². The first-order valence-corrected chi connectivity index (χ1v) is 11.1. The molecule has 2 heterocycles. The first-order valence-electron chi connectivity index (χ1n) is 11.1. The number of benzene rings is 2. The summed E-state index contributed by atoms with van der Waals surface area (Å²) < 4.78 is 16.0. The molecule has 2 unspecified atom stereocenters. The number of ether oxygens (including phenoxy) is 3. The Balaban J connectivity index is 1.82. The molecule has 0 aliphatic carbocycles. The van der Waals surface area contributed by atoms with Gasteiger partial charge in [0.05, 0.1) is 32.6 Å². The number of likely N-dealkylation sites (tertiary alicyclic amines) is 1. The van der Waals surface area contributed by atoms with Gasteiger partial charge in [0.1, 0.15) is 11.4 Å². The third kappa shape index (κ3) is 4.15. The molecule has 1 fully saturated rings. The number of carbonyl (C=O) groups is 2. The van der Waals surface area contributed by atoms with E-state index in [0.29, 0.717) is 51.6 Å². The maximum atomic E-state index is 13.8. The standard InChI is InChI=1S/C26H30N2O5/c1-16-12-17(2)15-27(14-16)24-23(18-6-9-20(31-3)10-7-18)25(29)28(26(24)30)19-8-11-21(32-4)22(13-19)33-5/h6-11,13,16-17H,12,14-15H2,1-5H3. The molecule has 2 aliphatic heterocycles. The summed E-state index contributed by atoms with van der Waals surface area (Å²) in [5.74, 6) is 1.86. The minimum Gasteiger partial charge on any atom is -0.497 e. The Morgan fingerprint density at radius 3 is 2.00 bits per heavy atom. The van der Waals surface area contributed by atoms with Crippen molar-refractivity contribution in [3.05, 3.63) is 53.7 Å². The second-order valence-corrected chi connectivity index (χ2v) is 8.79. The molecule has 0 N–H and O–H groups in total. The average molecular weight is 451 g/mol. The Bertz CT molecular complexity index is 1080. The van der Waals surface area contributed by atoms with Gasteiger partial charge in [-0.1, -0.05) is 26.0 Å². The lowest BCUT2D eigenvalue weighted by atomic mass is 9.91. The molecule has 0 bridgehead atoms. The smallest absolute Gasteiger partial charge is 0.282 e. The number of hydrogen-bond acceptors (Lipinski definition) is 6. The fraction of sp³-hybridized carbons (Fsp3) is 0.385. The number of imide groups is 1. The number of anilines is 1. The van der Waals surface area contributed by atoms with Gasteiger partial charge in [-0.2, -0.15) is 0 Å². The molecule has 2 aromatic carbocycles. The van der Waals surface area contributed by atoms with Crippen molar-refractivity contribution in [2.45, 2.75) is 20.3 Å². The lowest BCUT2D eigenvalue weighted by molar-refractivity contribution is -0.120. The molecule has 174 valence electrons. The fourth-order valence-electron chi connectivity index (χ4n) is 4.87. The Hall–Kier alpha value is -3.48. The molecule has 7 heteroatoms. The average Bonchev–Trinajstić information content (AvgIpc) is 3.07. The quantitative estimate of drug-likeness (QED) is 0.621. The molecule has 2 atom stereocenters. The SMILES string of the molecule is COc1ccc(C2=C(N3CC(C)CC(C)C3)C(=O)N(c3ccc(OC)c(OC)c3)C2=O)cc1. The summed E-state index contributed by atoms with van der Waals surface area (Å²) in [6, 6.07) is 12.3. The number of amides is 2. The lowest BCUT2D eigenvalue weighted by Crippen LogP contribution is -2.42. The molecule has 7 nitrogen and oxygen atoms in total. The van der Waals surface area contributed by atoms with Crippen molar-refractivity contribution in [2.24, 2.45) is 11.8 Å². The van der Waals surface area contributed by atoms with Crippen molar-refractivity contribution in [3.63, 3.8) is 0 Å². The summed E-state index contributed by atoms with van der Waals surface area (Å²) in [5.41, 5.74) is 2.01. The topological polar surface area (TPSA) is 68.3 Å². The number of methoxy groups -OCH3 is 3. The summed E-state index contributed by atoms with van der Waals surface area (Å²) >= 11 is 0. The Morgan fingerprint density at radius 2 is 1.42 bits per heavy atom. The van der Waals surface area contributed by atoms with E-state index in [2.05, 4.69) is 18.7 Å². The van der Waals surface area contributed by atoms with Crippen molar-refractivity contribution < 1.29 is 23.8 Å². The maximum absolute atomic E-state index is 13.8. The van der Waals surface area contributed by atoms with Crippen LogP contribution >= 0.6 is 0 Å². The van der Waals surface area contributed by atoms with Crippen LogP contribution in [0.1, 0.15) is 25.8 Å². The molecule has 2 aliphatic rings. The zero-order valence-electron chi connectivity index (χ0n) is 19.8. The van der Waals surface area contributed by atoms with Gasteiger partial charge >= 0.3 is 0 Å². The van der Waals surface area contributed by atoms with Crippen molar-refractivity contribution in [3.8, 4) is 17.2 Å². The van der Waals surface area contributed by atoms with E-state index in [4.69, 9.17) is 14.2 Å². The minimum atomic E-state index is -0.349. The third-order valence-electron chi connectivity index (χ3n) is 6.25. The van der Waals surface area contributed by atoms with Crippen LogP contribution in [-0.4, -0.2) is 51.1 Å². The zero-order chi connectivity index (χ0) is 23.7. The molecule has 0 radical (unpaired) electrons. The number of hydrogen-bond donors (Lipinski definition) is 0. The Kier molecular flexibility index (Phi) is 6.31. The van der Waals surface area contributed by atoms with E-state index >= 15 is 0 Å². The van der Waals surface area contributed by atoms with Gasteiger partial charge in [-0.05, 0) is 48.1 Å². The summed E-state index contributed by atoms with van der Waals surface area (Å²) in [5, 5.41) is 0. The second-order valence-electron chi connectivity index (χ2n) is 8.79. The van der Waals surface area contributed by atoms with Gasteiger partial charge in [0.25, 0.3) is 11.8 Å². The fourth-order valence-corrected chi connectivity index (χ4v) is 4.87. The maximum Gasteiger partial charge on any atom is 0.282 e. The van der Waals surface area contributed by atoms with Crippen molar-refractivity contribution >= 4 is 23.1 Å². The Labute approximate surface area is 194 Å². The van der Waals surface area contributed by atoms with E-state index in [0.717, 1.165) is 19.5 Å². The van der Waals surface area contributed by atoms with Crippen LogP contribution in [0.15, 0.2) is 48.2 Å². The van der Waals surface area contributed by atoms with Gasteiger partial charge in [-0.25, -0.2) is 4.90 Å². The normalized spacial score (nSPS) is 21.0. The molecule has 0 saturated carbocycles. The van der Waals surface area contributed by atoms with Crippen LogP contribution in [0.3, 0.4) is 0 Å². The van der Waals surface area contributed by atoms with Crippen LogP contribution in [0, 0.1) is 11.8 Å². The van der Waals surface area contributed by atoms with Crippen LogP contribution in [0.25, 0.3) is 5.57 Å². The van der Waals surface area contributed by atoms with Gasteiger partial charge in [-0.3, -0.25) is 9.59 Å². The van der Waals surface area contributed by atoms with Gasteiger partial charge in [-0.15, -0.1) is 0 Å². The lowest BCUT2D eigenvalue weighted by Gasteiger charge is -2.37. The van der Waals surface area contributed by atoms with Crippen LogP contribution in [0.4, 0.5) is 5.69 Å². The zero-order valence-corrected chi connectivity index (χ0v) is 19.8. The molecule has 2 aromatic rings. The third-order valence-corrected chi connectivity index (χ3v) is 6.25. The number of rotatable bonds is 6. The van der Waals surface area contributed by atoms with E-state index < -0.39 is 0 Å². The predicted molar refractivity (Wildman–Crippen MR) is 126 cm³/mol. The van der Waals surface area contributed by atoms with E-state index in [-0.39, 0.29) is 11.8 Å². The highest BCUT2D eigenvalue weighted by molar-refractivity contribution is 6.45. The number of carbonyl (C=O) groups excluding carboxylic acids is 2. The first-order chi connectivity index (χ1) is 15.9. The Morgan fingerprint density at radius 1 is 0.788 bits per heavy atom. The second kappa shape index (κ2) is 9.17. The van der Waals surface area contributed by atoms with Crippen molar-refractivity contribution in [2.75, 3.05) is 39.3 Å². The first kappa shape index (κ1) is 22.7. The van der Waals surface area contributed by atoms with Gasteiger partial charge in [0, 0.05) is 19.2 Å². The highest BCUT2D eigenvalue weighted by Crippen LogP contribution is 2.40. The summed E-state index contributed by atoms with van der Waals surface area (Å²) in [4.78, 5) is 30.9. The van der Waals surface area contributed by atoms with Crippen LogP contribution in [0.5, 0.6) is 17.2 Å². The van der Waals surface area contributed by atoms with E-state index in [1.54, 1.807) is 44.6 Å². The summed E-state index contributed by atoms with van der Waals surface area (Å²) in [6.07, 6.45) is 1.10. The predicted octanol–water partition coefficient (Wildman–Crippen LogP) is 3.97. The highest BCUT2D eigenvalue weighted by atomic mass is 16.5. The van der Waals surface area contributed by atoms with E-state index in [1.807, 2.05) is 12.1 Å². The summed E-state index contributed by atoms with van der Waals surface area (Å²) in [6.45, 7) is 5.84. The molecule has 33 heavy (non-hydrogen) atoms. The molecule has 0 spiro atoms. The van der Waals surface area contributed by atoms with Crippen LogP contribution in [-0.2, 0) is 9.59 Å². The van der Waals surface area contributed by atoms with Crippen LogP contribution < -0.4 is 19.1 Å². The molecular formula is C26H30N2O5. The van der Waals surface area contributed by atoms with Gasteiger partial charge in [0.2, 0.25) is 0 Å². The minimum absolute atomic E-state index is 0.320. The molecule has 0 aromatic heterocycles. The van der Waals surface area contributed by atoms with Crippen molar-refractivity contribution in [1.82, 2.24) is 4.90 Å². The van der Waals surface area contributed by atoms with Gasteiger partial charge in [0.15, 0.2) is 11.5 Å². The largest absolute Gasteiger partial charge is 0.497 e. The van der Waals surface area contributed by atoms with E-state index in [1.165, 1.54) is 12.0 Å². The monoisotopic (exact) mass is 450 g/mol. The van der Waals surface area contributed by atoms with Crippen LogP contribution in [0.2, 0.25) is 0 Å². The summed E-state index contributed by atoms with van der Waals surface area (Å²) in [7, 11) is 4.67. The highest BCUT2D eigenvalue weighted by Gasteiger charge is 2.44. The molecule has 4 rings (SSSR count). The molecular weight excluding hydrogens is 420 g/mol. The van der Waals surface area contributed by atoms with E-state index in [9.17, 15) is 9.59 Å².